The smallest absolute Gasteiger partial charge is 0.246 e. The van der Waals surface area contributed by atoms with E-state index in [4.69, 9.17) is 4.52 Å². The third-order valence-corrected chi connectivity index (χ3v) is 6.29. The predicted octanol–water partition coefficient (Wildman–Crippen LogP) is 1.73. The van der Waals surface area contributed by atoms with Crippen molar-refractivity contribution in [2.24, 2.45) is 0 Å². The Morgan fingerprint density at radius 2 is 1.65 bits per heavy atom. The van der Waals surface area contributed by atoms with Gasteiger partial charge < -0.3 is 4.52 Å². The van der Waals surface area contributed by atoms with Crippen molar-refractivity contribution in [2.75, 3.05) is 6.26 Å². The molecule has 0 amide bonds. The van der Waals surface area contributed by atoms with E-state index < -0.39 is 25.9 Å². The van der Waals surface area contributed by atoms with Crippen LogP contribution in [-0.4, -0.2) is 28.2 Å². The van der Waals surface area contributed by atoms with Gasteiger partial charge in [-0.05, 0) is 38.5 Å². The number of aryl methyl sites for hydroxylation is 2. The first-order chi connectivity index (χ1) is 10.5. The molecule has 9 heteroatoms. The first kappa shape index (κ1) is 17.6. The lowest BCUT2D eigenvalue weighted by Gasteiger charge is -2.14. The first-order valence-electron chi connectivity index (χ1n) is 6.77. The van der Waals surface area contributed by atoms with Crippen LogP contribution in [0.25, 0.3) is 0 Å². The van der Waals surface area contributed by atoms with E-state index in [0.29, 0.717) is 5.56 Å². The quantitative estimate of drug-likeness (QED) is 0.872. The Morgan fingerprint density at radius 1 is 1.09 bits per heavy atom. The molecule has 1 aromatic heterocycles. The van der Waals surface area contributed by atoms with Crippen molar-refractivity contribution >= 4 is 19.9 Å². The van der Waals surface area contributed by atoms with Crippen LogP contribution in [0.3, 0.4) is 0 Å². The van der Waals surface area contributed by atoms with Gasteiger partial charge in [0.2, 0.25) is 10.0 Å². The molecule has 1 N–H and O–H groups in total. The highest BCUT2D eigenvalue weighted by molar-refractivity contribution is 7.90. The van der Waals surface area contributed by atoms with Gasteiger partial charge in [-0.15, -0.1) is 0 Å². The third-order valence-electron chi connectivity index (χ3n) is 3.38. The fraction of sp³-hybridized carbons (Fsp3) is 0.357. The van der Waals surface area contributed by atoms with E-state index in [1.54, 1.807) is 26.0 Å². The van der Waals surface area contributed by atoms with Gasteiger partial charge in [-0.1, -0.05) is 17.3 Å². The van der Waals surface area contributed by atoms with Crippen LogP contribution in [0.15, 0.2) is 38.6 Å². The van der Waals surface area contributed by atoms with Crippen molar-refractivity contribution in [3.05, 3.63) is 41.3 Å². The van der Waals surface area contributed by atoms with Gasteiger partial charge in [0.05, 0.1) is 4.90 Å². The van der Waals surface area contributed by atoms with Crippen molar-refractivity contribution in [3.63, 3.8) is 0 Å². The average Bonchev–Trinajstić information content (AvgIpc) is 2.77. The average molecular weight is 358 g/mol. The molecule has 0 aliphatic heterocycles. The molecular formula is C14H18N2O5S2. The SMILES string of the molecule is Cc1noc(C)c1S(=O)(=O)N[C@@H](C)c1ccc(S(C)(=O)=O)cc1. The van der Waals surface area contributed by atoms with Gasteiger partial charge in [-0.2, -0.15) is 0 Å². The summed E-state index contributed by atoms with van der Waals surface area (Å²) in [4.78, 5) is 0.208. The molecule has 0 spiro atoms. The molecular weight excluding hydrogens is 340 g/mol. The monoisotopic (exact) mass is 358 g/mol. The van der Waals surface area contributed by atoms with Crippen LogP contribution in [0, 0.1) is 13.8 Å². The van der Waals surface area contributed by atoms with Gasteiger partial charge in [0, 0.05) is 12.3 Å². The number of nitrogens with zero attached hydrogens (tertiary/aromatic N) is 1. The highest BCUT2D eigenvalue weighted by atomic mass is 32.2. The molecule has 0 saturated heterocycles. The number of nitrogens with one attached hydrogen (secondary N) is 1. The first-order valence-corrected chi connectivity index (χ1v) is 10.1. The number of benzene rings is 1. The lowest BCUT2D eigenvalue weighted by atomic mass is 10.1. The van der Waals surface area contributed by atoms with Gasteiger partial charge in [0.25, 0.3) is 0 Å². The zero-order valence-corrected chi connectivity index (χ0v) is 14.8. The molecule has 1 atom stereocenters. The minimum atomic E-state index is -3.79. The van der Waals surface area contributed by atoms with Crippen molar-refractivity contribution in [1.29, 1.82) is 0 Å². The van der Waals surface area contributed by atoms with Crippen LogP contribution in [0.2, 0.25) is 0 Å². The van der Waals surface area contributed by atoms with E-state index in [1.165, 1.54) is 19.1 Å². The minimum Gasteiger partial charge on any atom is -0.360 e. The fourth-order valence-corrected chi connectivity index (χ4v) is 4.41. The standard InChI is InChI=1S/C14H18N2O5S2/c1-9(12-5-7-13(8-6-12)22(4,17)18)16-23(19,20)14-10(2)15-21-11(14)3/h5-9,16H,1-4H3/t9-/m0/s1. The van der Waals surface area contributed by atoms with E-state index >= 15 is 0 Å². The molecule has 0 aliphatic rings. The van der Waals surface area contributed by atoms with Crippen molar-refractivity contribution in [1.82, 2.24) is 9.88 Å². The molecule has 1 aromatic carbocycles. The Hall–Kier alpha value is -1.71. The Balaban J connectivity index is 2.27. The second-order valence-corrected chi connectivity index (χ2v) is 9.00. The maximum Gasteiger partial charge on any atom is 0.246 e. The number of hydrogen-bond acceptors (Lipinski definition) is 6. The number of sulfone groups is 1. The highest BCUT2D eigenvalue weighted by Crippen LogP contribution is 2.22. The molecule has 23 heavy (non-hydrogen) atoms. The molecule has 2 rings (SSSR count). The molecule has 126 valence electrons. The molecule has 0 saturated carbocycles. The Morgan fingerprint density at radius 3 is 2.09 bits per heavy atom. The lowest BCUT2D eigenvalue weighted by molar-refractivity contribution is 0.390. The van der Waals surface area contributed by atoms with Crippen LogP contribution >= 0.6 is 0 Å². The molecule has 0 bridgehead atoms. The summed E-state index contributed by atoms with van der Waals surface area (Å²) in [6.45, 7) is 4.75. The molecule has 0 aliphatic carbocycles. The molecule has 1 heterocycles. The minimum absolute atomic E-state index is 0.0251. The van der Waals surface area contributed by atoms with Crippen LogP contribution in [0.4, 0.5) is 0 Å². The van der Waals surface area contributed by atoms with E-state index in [-0.39, 0.29) is 21.2 Å². The Kier molecular flexibility index (Phi) is 4.65. The van der Waals surface area contributed by atoms with E-state index in [0.717, 1.165) is 6.26 Å². The Bertz CT molecular complexity index is 893. The van der Waals surface area contributed by atoms with Crippen LogP contribution in [0.1, 0.15) is 30.0 Å². The molecule has 2 aromatic rings. The topological polar surface area (TPSA) is 106 Å². The zero-order chi connectivity index (χ0) is 17.4. The van der Waals surface area contributed by atoms with Gasteiger partial charge in [-0.3, -0.25) is 0 Å². The van der Waals surface area contributed by atoms with Crippen LogP contribution in [0.5, 0.6) is 0 Å². The molecule has 0 fully saturated rings. The summed E-state index contributed by atoms with van der Waals surface area (Å²) in [5.74, 6) is 0.217. The number of hydrogen-bond donors (Lipinski definition) is 1. The normalized spacial score (nSPS) is 13.9. The maximum absolute atomic E-state index is 12.4. The largest absolute Gasteiger partial charge is 0.360 e. The summed E-state index contributed by atoms with van der Waals surface area (Å²) < 4.78 is 55.2. The van der Waals surface area contributed by atoms with Crippen LogP contribution < -0.4 is 4.72 Å². The summed E-state index contributed by atoms with van der Waals surface area (Å²) in [5, 5.41) is 3.64. The lowest BCUT2D eigenvalue weighted by Crippen LogP contribution is -2.27. The van der Waals surface area contributed by atoms with Gasteiger partial charge in [0.15, 0.2) is 15.6 Å². The summed E-state index contributed by atoms with van der Waals surface area (Å²) in [7, 11) is -7.08. The maximum atomic E-state index is 12.4. The number of sulfonamides is 1. The zero-order valence-electron chi connectivity index (χ0n) is 13.2. The van der Waals surface area contributed by atoms with E-state index in [1.807, 2.05) is 0 Å². The van der Waals surface area contributed by atoms with Crippen LogP contribution in [-0.2, 0) is 19.9 Å². The number of aromatic nitrogens is 1. The second kappa shape index (κ2) is 6.06. The molecule has 0 radical (unpaired) electrons. The predicted molar refractivity (Wildman–Crippen MR) is 84.3 cm³/mol. The van der Waals surface area contributed by atoms with Gasteiger partial charge in [-0.25, -0.2) is 21.6 Å². The summed E-state index contributed by atoms with van der Waals surface area (Å²) in [6.07, 6.45) is 1.12. The fourth-order valence-electron chi connectivity index (χ4n) is 2.22. The summed E-state index contributed by atoms with van der Waals surface area (Å²) in [6, 6.07) is 5.52. The van der Waals surface area contributed by atoms with Gasteiger partial charge in [0.1, 0.15) is 10.6 Å². The summed E-state index contributed by atoms with van der Waals surface area (Å²) in [5.41, 5.74) is 0.933. The van der Waals surface area contributed by atoms with Crippen molar-refractivity contribution in [3.8, 4) is 0 Å². The molecule has 0 unspecified atom stereocenters. The second-order valence-electron chi connectivity index (χ2n) is 5.34. The van der Waals surface area contributed by atoms with E-state index in [9.17, 15) is 16.8 Å². The van der Waals surface area contributed by atoms with Crippen molar-refractivity contribution < 1.29 is 21.4 Å². The van der Waals surface area contributed by atoms with Crippen molar-refractivity contribution in [2.45, 2.75) is 36.6 Å². The van der Waals surface area contributed by atoms with Gasteiger partial charge >= 0.3 is 0 Å². The van der Waals surface area contributed by atoms with E-state index in [2.05, 4.69) is 9.88 Å². The highest BCUT2D eigenvalue weighted by Gasteiger charge is 2.26. The number of rotatable bonds is 5. The third kappa shape index (κ3) is 3.80. The summed E-state index contributed by atoms with van der Waals surface area (Å²) >= 11 is 0. The Labute approximate surface area is 135 Å². The molecule has 7 nitrogen and oxygen atoms in total.